The maximum absolute atomic E-state index is 12.3. The van der Waals surface area contributed by atoms with E-state index in [2.05, 4.69) is 15.8 Å². The van der Waals surface area contributed by atoms with Crippen LogP contribution in [0.3, 0.4) is 0 Å². The Kier molecular flexibility index (Phi) is 5.88. The number of hydrogen-bond donors (Lipinski definition) is 2. The Balaban J connectivity index is 1.56. The summed E-state index contributed by atoms with van der Waals surface area (Å²) in [4.78, 5) is 24.4. The van der Waals surface area contributed by atoms with Gasteiger partial charge in [-0.3, -0.25) is 9.59 Å². The summed E-state index contributed by atoms with van der Waals surface area (Å²) < 4.78 is 0.913. The molecule has 0 aliphatic heterocycles. The minimum Gasteiger partial charge on any atom is -0.342 e. The standard InChI is InChI=1S/C18H13Cl2N3O2S/c19-13-7-3-1-5-11(13)9-22-23-15(24)10-21-18(25)17-16(20)12-6-2-4-8-14(12)26-17/h1-9H,10H2,(H,21,25)(H,23,24). The molecule has 1 heterocycles. The van der Waals surface area contributed by atoms with Gasteiger partial charge in [0.1, 0.15) is 4.88 Å². The van der Waals surface area contributed by atoms with Crippen LogP contribution in [0.5, 0.6) is 0 Å². The SMILES string of the molecule is O=C(CNC(=O)c1sc2ccccc2c1Cl)NN=Cc1ccccc1Cl. The van der Waals surface area contributed by atoms with Gasteiger partial charge in [0.25, 0.3) is 11.8 Å². The van der Waals surface area contributed by atoms with Gasteiger partial charge in [-0.2, -0.15) is 5.10 Å². The second-order valence-corrected chi connectivity index (χ2v) is 7.08. The molecule has 0 aliphatic rings. The summed E-state index contributed by atoms with van der Waals surface area (Å²) in [6.07, 6.45) is 1.44. The molecule has 132 valence electrons. The zero-order valence-corrected chi connectivity index (χ0v) is 15.7. The molecule has 0 bridgehead atoms. The van der Waals surface area contributed by atoms with E-state index in [1.807, 2.05) is 30.3 Å². The summed E-state index contributed by atoms with van der Waals surface area (Å²) >= 11 is 13.5. The summed E-state index contributed by atoms with van der Waals surface area (Å²) in [5.74, 6) is -0.861. The molecule has 5 nitrogen and oxygen atoms in total. The zero-order chi connectivity index (χ0) is 18.5. The first-order valence-electron chi connectivity index (χ1n) is 7.58. The minimum absolute atomic E-state index is 0.219. The molecule has 2 aromatic carbocycles. The lowest BCUT2D eigenvalue weighted by Gasteiger charge is -2.03. The van der Waals surface area contributed by atoms with Gasteiger partial charge in [0.2, 0.25) is 0 Å². The van der Waals surface area contributed by atoms with Gasteiger partial charge in [0, 0.05) is 20.7 Å². The van der Waals surface area contributed by atoms with Crippen LogP contribution in [0.1, 0.15) is 15.2 Å². The average Bonchev–Trinajstić information content (AvgIpc) is 2.98. The molecule has 0 saturated carbocycles. The Hall–Kier alpha value is -2.41. The van der Waals surface area contributed by atoms with Crippen LogP contribution in [0.25, 0.3) is 10.1 Å². The third-order valence-corrected chi connectivity index (χ3v) is 5.47. The molecule has 26 heavy (non-hydrogen) atoms. The Labute approximate surface area is 163 Å². The van der Waals surface area contributed by atoms with E-state index in [4.69, 9.17) is 23.2 Å². The molecule has 2 amide bonds. The molecule has 3 aromatic rings. The van der Waals surface area contributed by atoms with Gasteiger partial charge >= 0.3 is 0 Å². The smallest absolute Gasteiger partial charge is 0.263 e. The predicted molar refractivity (Wildman–Crippen MR) is 106 cm³/mol. The quantitative estimate of drug-likeness (QED) is 0.495. The summed E-state index contributed by atoms with van der Waals surface area (Å²) in [6.45, 7) is -0.219. The van der Waals surface area contributed by atoms with Crippen molar-refractivity contribution >= 4 is 62.7 Å². The number of amides is 2. The van der Waals surface area contributed by atoms with Crippen molar-refractivity contribution in [2.75, 3.05) is 6.54 Å². The highest BCUT2D eigenvalue weighted by atomic mass is 35.5. The van der Waals surface area contributed by atoms with Crippen molar-refractivity contribution in [3.8, 4) is 0 Å². The highest BCUT2D eigenvalue weighted by Gasteiger charge is 2.17. The van der Waals surface area contributed by atoms with Crippen LogP contribution in [0.15, 0.2) is 53.6 Å². The second-order valence-electron chi connectivity index (χ2n) is 5.24. The lowest BCUT2D eigenvalue weighted by molar-refractivity contribution is -0.120. The lowest BCUT2D eigenvalue weighted by atomic mass is 10.2. The number of nitrogens with zero attached hydrogens (tertiary/aromatic N) is 1. The van der Waals surface area contributed by atoms with Crippen LogP contribution >= 0.6 is 34.5 Å². The monoisotopic (exact) mass is 405 g/mol. The number of benzene rings is 2. The van der Waals surface area contributed by atoms with E-state index in [9.17, 15) is 9.59 Å². The number of nitrogens with one attached hydrogen (secondary N) is 2. The molecule has 0 atom stereocenters. The van der Waals surface area contributed by atoms with Gasteiger partial charge in [0.05, 0.1) is 17.8 Å². The van der Waals surface area contributed by atoms with Gasteiger partial charge < -0.3 is 5.32 Å². The first-order chi connectivity index (χ1) is 12.6. The van der Waals surface area contributed by atoms with E-state index in [-0.39, 0.29) is 6.54 Å². The Morgan fingerprint density at radius 1 is 1.08 bits per heavy atom. The van der Waals surface area contributed by atoms with Crippen LogP contribution < -0.4 is 10.7 Å². The van der Waals surface area contributed by atoms with Gasteiger partial charge in [-0.1, -0.05) is 59.6 Å². The van der Waals surface area contributed by atoms with Crippen molar-refractivity contribution in [2.24, 2.45) is 5.10 Å². The molecular weight excluding hydrogens is 393 g/mol. The van der Waals surface area contributed by atoms with E-state index in [1.54, 1.807) is 18.2 Å². The third kappa shape index (κ3) is 4.22. The number of hydrazone groups is 1. The van der Waals surface area contributed by atoms with Crippen molar-refractivity contribution in [3.63, 3.8) is 0 Å². The molecule has 3 rings (SSSR count). The Bertz CT molecular complexity index is 1000. The fourth-order valence-corrected chi connectivity index (χ4v) is 3.81. The molecule has 0 unspecified atom stereocenters. The molecule has 0 spiro atoms. The topological polar surface area (TPSA) is 70.6 Å². The largest absolute Gasteiger partial charge is 0.342 e. The molecule has 2 N–H and O–H groups in total. The molecule has 1 aromatic heterocycles. The highest BCUT2D eigenvalue weighted by Crippen LogP contribution is 2.34. The number of hydrogen-bond acceptors (Lipinski definition) is 4. The first kappa shape index (κ1) is 18.4. The van der Waals surface area contributed by atoms with Crippen LogP contribution in [0.4, 0.5) is 0 Å². The normalized spacial score (nSPS) is 11.0. The lowest BCUT2D eigenvalue weighted by Crippen LogP contribution is -2.34. The third-order valence-electron chi connectivity index (χ3n) is 3.45. The predicted octanol–water partition coefficient (Wildman–Crippen LogP) is 4.09. The number of carbonyl (C=O) groups excluding carboxylic acids is 2. The number of rotatable bonds is 5. The van der Waals surface area contributed by atoms with E-state index >= 15 is 0 Å². The van der Waals surface area contributed by atoms with Crippen LogP contribution in [-0.2, 0) is 4.79 Å². The van der Waals surface area contributed by atoms with E-state index in [0.717, 1.165) is 10.1 Å². The molecule has 0 radical (unpaired) electrons. The van der Waals surface area contributed by atoms with Gasteiger partial charge in [-0.05, 0) is 12.1 Å². The molecule has 8 heteroatoms. The van der Waals surface area contributed by atoms with Gasteiger partial charge in [-0.15, -0.1) is 11.3 Å². The van der Waals surface area contributed by atoms with Gasteiger partial charge in [-0.25, -0.2) is 5.43 Å². The number of carbonyl (C=O) groups is 2. The van der Waals surface area contributed by atoms with Crippen molar-refractivity contribution in [2.45, 2.75) is 0 Å². The summed E-state index contributed by atoms with van der Waals surface area (Å²) in [5, 5.41) is 8.09. The maximum Gasteiger partial charge on any atom is 0.263 e. The van der Waals surface area contributed by atoms with Crippen LogP contribution in [0, 0.1) is 0 Å². The van der Waals surface area contributed by atoms with E-state index in [1.165, 1.54) is 17.6 Å². The fourth-order valence-electron chi connectivity index (χ4n) is 2.19. The van der Waals surface area contributed by atoms with Crippen LogP contribution in [0.2, 0.25) is 10.0 Å². The van der Waals surface area contributed by atoms with Crippen LogP contribution in [-0.4, -0.2) is 24.6 Å². The number of halogens is 2. The van der Waals surface area contributed by atoms with E-state index in [0.29, 0.717) is 20.5 Å². The first-order valence-corrected chi connectivity index (χ1v) is 9.15. The minimum atomic E-state index is -0.459. The Morgan fingerprint density at radius 3 is 2.58 bits per heavy atom. The molecular formula is C18H13Cl2N3O2S. The summed E-state index contributed by atoms with van der Waals surface area (Å²) in [5.41, 5.74) is 3.01. The second kappa shape index (κ2) is 8.31. The van der Waals surface area contributed by atoms with Gasteiger partial charge in [0.15, 0.2) is 0 Å². The summed E-state index contributed by atoms with van der Waals surface area (Å²) in [7, 11) is 0. The van der Waals surface area contributed by atoms with Crippen molar-refractivity contribution in [1.29, 1.82) is 0 Å². The average molecular weight is 406 g/mol. The molecule has 0 aliphatic carbocycles. The molecule has 0 fully saturated rings. The molecule has 0 saturated heterocycles. The number of thiophene rings is 1. The van der Waals surface area contributed by atoms with Crippen molar-refractivity contribution < 1.29 is 9.59 Å². The van der Waals surface area contributed by atoms with Crippen molar-refractivity contribution in [3.05, 3.63) is 69.0 Å². The highest BCUT2D eigenvalue weighted by molar-refractivity contribution is 7.21. The van der Waals surface area contributed by atoms with E-state index < -0.39 is 11.8 Å². The van der Waals surface area contributed by atoms with Crippen molar-refractivity contribution in [1.82, 2.24) is 10.7 Å². The zero-order valence-electron chi connectivity index (χ0n) is 13.3. The number of fused-ring (bicyclic) bond motifs is 1. The fraction of sp³-hybridized carbons (Fsp3) is 0.0556. The maximum atomic E-state index is 12.3. The summed E-state index contributed by atoms with van der Waals surface area (Å²) in [6, 6.07) is 14.6. The Morgan fingerprint density at radius 2 is 1.81 bits per heavy atom.